The SMILES string of the molecule is CC(C)(C)[Si](C)(C)OCCCC(/C=C1/CC2C=CC(=O)C1O2)OCc1ccccc1. The topological polar surface area (TPSA) is 44.8 Å². The summed E-state index contributed by atoms with van der Waals surface area (Å²) in [7, 11) is -1.74. The first-order valence-electron chi connectivity index (χ1n) is 11.0. The van der Waals surface area contributed by atoms with E-state index in [-0.39, 0.29) is 23.0 Å². The first kappa shape index (κ1) is 23.1. The highest BCUT2D eigenvalue weighted by Crippen LogP contribution is 2.37. The molecule has 2 heterocycles. The fourth-order valence-corrected chi connectivity index (χ4v) is 4.60. The van der Waals surface area contributed by atoms with Gasteiger partial charge in [0, 0.05) is 13.0 Å². The molecule has 0 amide bonds. The van der Waals surface area contributed by atoms with Crippen LogP contribution in [-0.2, 0) is 25.3 Å². The average molecular weight is 429 g/mol. The van der Waals surface area contributed by atoms with Crippen molar-refractivity contribution in [3.8, 4) is 0 Å². The molecule has 30 heavy (non-hydrogen) atoms. The Labute approximate surface area is 182 Å². The van der Waals surface area contributed by atoms with Crippen molar-refractivity contribution >= 4 is 14.1 Å². The van der Waals surface area contributed by atoms with Gasteiger partial charge in [-0.1, -0.05) is 63.3 Å². The highest BCUT2D eigenvalue weighted by Gasteiger charge is 2.37. The minimum atomic E-state index is -1.74. The number of benzene rings is 1. The molecule has 3 atom stereocenters. The van der Waals surface area contributed by atoms with Gasteiger partial charge in [0.1, 0.15) is 6.10 Å². The quantitative estimate of drug-likeness (QED) is 0.292. The van der Waals surface area contributed by atoms with E-state index < -0.39 is 14.4 Å². The van der Waals surface area contributed by atoms with Crippen molar-refractivity contribution in [2.75, 3.05) is 6.61 Å². The predicted molar refractivity (Wildman–Crippen MR) is 123 cm³/mol. The highest BCUT2D eigenvalue weighted by atomic mass is 28.4. The van der Waals surface area contributed by atoms with Gasteiger partial charge in [-0.05, 0) is 48.2 Å². The van der Waals surface area contributed by atoms with Crippen LogP contribution in [0.1, 0.15) is 45.6 Å². The first-order valence-corrected chi connectivity index (χ1v) is 13.9. The summed E-state index contributed by atoms with van der Waals surface area (Å²) < 4.78 is 18.4. The van der Waals surface area contributed by atoms with E-state index in [2.05, 4.69) is 52.1 Å². The smallest absolute Gasteiger partial charge is 0.191 e. The molecule has 3 rings (SSSR count). The molecule has 2 bridgehead atoms. The molecule has 1 fully saturated rings. The Morgan fingerprint density at radius 2 is 1.97 bits per heavy atom. The van der Waals surface area contributed by atoms with Gasteiger partial charge in [-0.2, -0.15) is 0 Å². The molecule has 2 aliphatic heterocycles. The van der Waals surface area contributed by atoms with Crippen LogP contribution in [0.3, 0.4) is 0 Å². The third-order valence-electron chi connectivity index (χ3n) is 6.43. The van der Waals surface area contributed by atoms with Gasteiger partial charge < -0.3 is 13.9 Å². The van der Waals surface area contributed by atoms with Crippen LogP contribution in [0.5, 0.6) is 0 Å². The van der Waals surface area contributed by atoms with Gasteiger partial charge in [-0.15, -0.1) is 0 Å². The summed E-state index contributed by atoms with van der Waals surface area (Å²) >= 11 is 0. The zero-order chi connectivity index (χ0) is 21.8. The number of fused-ring (bicyclic) bond motifs is 2. The maximum Gasteiger partial charge on any atom is 0.191 e. The van der Waals surface area contributed by atoms with E-state index in [0.717, 1.165) is 37.0 Å². The lowest BCUT2D eigenvalue weighted by Crippen LogP contribution is -2.41. The molecule has 2 aliphatic rings. The Hall–Kier alpha value is -1.53. The highest BCUT2D eigenvalue weighted by molar-refractivity contribution is 6.74. The van der Waals surface area contributed by atoms with Crippen LogP contribution < -0.4 is 0 Å². The zero-order valence-corrected chi connectivity index (χ0v) is 20.0. The summed E-state index contributed by atoms with van der Waals surface area (Å²) in [6.45, 7) is 12.7. The van der Waals surface area contributed by atoms with E-state index in [1.54, 1.807) is 6.08 Å². The molecule has 1 saturated heterocycles. The third-order valence-corrected chi connectivity index (χ3v) is 11.0. The molecular formula is C25H36O4Si. The fraction of sp³-hybridized carbons (Fsp3) is 0.560. The number of ketones is 1. The standard InChI is InChI=1S/C25H36O4Si/c1-25(2,3)30(4,5)28-15-9-12-21(27-18-19-10-7-6-8-11-19)16-20-17-22-13-14-23(26)24(20)29-22/h6-8,10-11,13-14,16,21-22,24H,9,12,15,17-18H2,1-5H3/b20-16-. The molecule has 164 valence electrons. The lowest BCUT2D eigenvalue weighted by Gasteiger charge is -2.36. The van der Waals surface area contributed by atoms with Crippen molar-refractivity contribution in [3.63, 3.8) is 0 Å². The molecule has 0 spiro atoms. The van der Waals surface area contributed by atoms with Crippen LogP contribution in [0.4, 0.5) is 0 Å². The lowest BCUT2D eigenvalue weighted by atomic mass is 10.0. The van der Waals surface area contributed by atoms with Crippen molar-refractivity contribution in [2.24, 2.45) is 0 Å². The Morgan fingerprint density at radius 1 is 1.23 bits per heavy atom. The average Bonchev–Trinajstić information content (AvgIpc) is 3.03. The molecule has 0 N–H and O–H groups in total. The van der Waals surface area contributed by atoms with Gasteiger partial charge in [0.25, 0.3) is 0 Å². The normalized spacial score (nSPS) is 23.9. The minimum absolute atomic E-state index is 0.0237. The van der Waals surface area contributed by atoms with Gasteiger partial charge in [-0.3, -0.25) is 4.79 Å². The summed E-state index contributed by atoms with van der Waals surface area (Å²) in [5, 5.41) is 0.213. The van der Waals surface area contributed by atoms with Crippen molar-refractivity contribution in [1.82, 2.24) is 0 Å². The Bertz CT molecular complexity index is 776. The van der Waals surface area contributed by atoms with Gasteiger partial charge in [0.05, 0.1) is 18.8 Å². The van der Waals surface area contributed by atoms with Crippen molar-refractivity contribution in [1.29, 1.82) is 0 Å². The zero-order valence-electron chi connectivity index (χ0n) is 19.0. The number of hydrogen-bond acceptors (Lipinski definition) is 4. The lowest BCUT2D eigenvalue weighted by molar-refractivity contribution is -0.124. The monoisotopic (exact) mass is 428 g/mol. The number of hydrogen-bond donors (Lipinski definition) is 0. The Morgan fingerprint density at radius 3 is 2.67 bits per heavy atom. The van der Waals surface area contributed by atoms with Gasteiger partial charge in [0.2, 0.25) is 0 Å². The van der Waals surface area contributed by atoms with Crippen molar-refractivity contribution in [3.05, 3.63) is 59.7 Å². The second-order valence-electron chi connectivity index (χ2n) is 9.85. The second-order valence-corrected chi connectivity index (χ2v) is 14.7. The molecule has 3 unspecified atom stereocenters. The van der Waals surface area contributed by atoms with Gasteiger partial charge in [-0.25, -0.2) is 0 Å². The third kappa shape index (κ3) is 6.00. The molecule has 4 nitrogen and oxygen atoms in total. The van der Waals surface area contributed by atoms with Crippen molar-refractivity contribution < 1.29 is 18.7 Å². The summed E-state index contributed by atoms with van der Waals surface area (Å²) in [5.74, 6) is 0.0399. The largest absolute Gasteiger partial charge is 0.417 e. The van der Waals surface area contributed by atoms with Crippen molar-refractivity contribution in [2.45, 2.75) is 83.1 Å². The van der Waals surface area contributed by atoms with E-state index in [4.69, 9.17) is 13.9 Å². The number of ether oxygens (including phenoxy) is 2. The molecule has 5 heteroatoms. The van der Waals surface area contributed by atoms with Gasteiger partial charge in [0.15, 0.2) is 14.1 Å². The van der Waals surface area contributed by atoms with E-state index in [0.29, 0.717) is 6.61 Å². The summed E-state index contributed by atoms with van der Waals surface area (Å²) in [4.78, 5) is 12.2. The molecule has 1 aromatic carbocycles. The molecule has 0 radical (unpaired) electrons. The van der Waals surface area contributed by atoms with Crippen LogP contribution in [0.25, 0.3) is 0 Å². The van der Waals surface area contributed by atoms with Crippen LogP contribution in [0.2, 0.25) is 18.1 Å². The van der Waals surface area contributed by atoms with Crippen LogP contribution in [-0.4, -0.2) is 39.0 Å². The van der Waals surface area contributed by atoms with E-state index >= 15 is 0 Å². The Kier molecular flexibility index (Phi) is 7.50. The van der Waals surface area contributed by atoms with E-state index in [9.17, 15) is 4.79 Å². The number of carbonyl (C=O) groups is 1. The maximum absolute atomic E-state index is 12.2. The molecule has 1 aromatic rings. The summed E-state index contributed by atoms with van der Waals surface area (Å²) in [6.07, 6.45) is 7.77. The second kappa shape index (κ2) is 9.73. The minimum Gasteiger partial charge on any atom is -0.417 e. The number of rotatable bonds is 9. The van der Waals surface area contributed by atoms with E-state index in [1.165, 1.54) is 0 Å². The van der Waals surface area contributed by atoms with Crippen LogP contribution in [0.15, 0.2) is 54.1 Å². The van der Waals surface area contributed by atoms with Crippen LogP contribution in [0, 0.1) is 0 Å². The summed E-state index contributed by atoms with van der Waals surface area (Å²) in [5.41, 5.74) is 2.20. The van der Waals surface area contributed by atoms with Crippen LogP contribution >= 0.6 is 0 Å². The molecule has 0 aromatic heterocycles. The van der Waals surface area contributed by atoms with Gasteiger partial charge >= 0.3 is 0 Å². The Balaban J connectivity index is 1.61. The summed E-state index contributed by atoms with van der Waals surface area (Å²) in [6, 6.07) is 10.2. The molecular weight excluding hydrogens is 392 g/mol. The predicted octanol–water partition coefficient (Wildman–Crippen LogP) is 5.60. The molecule has 0 aliphatic carbocycles. The first-order chi connectivity index (χ1) is 14.2. The molecule has 0 saturated carbocycles. The fourth-order valence-electron chi connectivity index (χ4n) is 3.52. The van der Waals surface area contributed by atoms with E-state index in [1.807, 2.05) is 24.3 Å². The number of carbonyl (C=O) groups excluding carboxylic acids is 1. The maximum atomic E-state index is 12.2.